The molecule has 2 rings (SSSR count). The van der Waals surface area contributed by atoms with Crippen LogP contribution in [0.4, 0.5) is 0 Å². The lowest BCUT2D eigenvalue weighted by Gasteiger charge is -2.24. The molecule has 0 amide bonds. The molecular weight excluding hydrogens is 289 g/mol. The third kappa shape index (κ3) is 3.35. The normalized spacial score (nSPS) is 23.5. The van der Waals surface area contributed by atoms with Gasteiger partial charge in [0.1, 0.15) is 0 Å². The first-order valence-corrected chi connectivity index (χ1v) is 9.09. The fraction of sp³-hybridized carbons (Fsp3) is 0.714. The maximum Gasteiger partial charge on any atom is 0.496 e. The molecule has 2 atom stereocenters. The summed E-state index contributed by atoms with van der Waals surface area (Å²) in [5.74, 6) is 0.768. The van der Waals surface area contributed by atoms with E-state index in [-0.39, 0.29) is 18.0 Å². The van der Waals surface area contributed by atoms with E-state index in [4.69, 9.17) is 9.31 Å². The summed E-state index contributed by atoms with van der Waals surface area (Å²) in [6.45, 7) is 10.1. The van der Waals surface area contributed by atoms with E-state index in [1.807, 2.05) is 0 Å². The minimum absolute atomic E-state index is 0.0288. The molecule has 1 aliphatic heterocycles. The number of hydrogen-bond donors (Lipinski definition) is 0. The Morgan fingerprint density at radius 3 is 2.14 bits per heavy atom. The Bertz CT molecular complexity index is 566. The Hall–Kier alpha value is -0.785. The van der Waals surface area contributed by atoms with E-state index in [2.05, 4.69) is 27.7 Å². The molecule has 0 radical (unpaired) electrons. The maximum absolute atomic E-state index is 11.9. The molecule has 0 saturated carbocycles. The van der Waals surface area contributed by atoms with Gasteiger partial charge in [-0.15, -0.1) is 0 Å². The van der Waals surface area contributed by atoms with Gasteiger partial charge in [0.25, 0.3) is 0 Å². The van der Waals surface area contributed by atoms with Gasteiger partial charge in [-0.1, -0.05) is 27.7 Å². The predicted octanol–water partition coefficient (Wildman–Crippen LogP) is 1.48. The Labute approximate surface area is 127 Å². The van der Waals surface area contributed by atoms with Crippen molar-refractivity contribution in [1.82, 2.24) is 3.97 Å². The first-order chi connectivity index (χ1) is 9.76. The first kappa shape index (κ1) is 16.6. The fourth-order valence-electron chi connectivity index (χ4n) is 2.56. The fourth-order valence-corrected chi connectivity index (χ4v) is 3.38. The van der Waals surface area contributed by atoms with Crippen LogP contribution < -0.4 is 5.46 Å². The second kappa shape index (κ2) is 6.14. The van der Waals surface area contributed by atoms with Gasteiger partial charge in [-0.3, -0.25) is 3.97 Å². The third-order valence-corrected chi connectivity index (χ3v) is 5.45. The number of nitrogens with zero attached hydrogens (tertiary/aromatic N) is 1. The quantitative estimate of drug-likeness (QED) is 0.773. The van der Waals surface area contributed by atoms with Crippen LogP contribution in [0.5, 0.6) is 0 Å². The highest BCUT2D eigenvalue weighted by Crippen LogP contribution is 2.28. The molecule has 0 spiro atoms. The topological polar surface area (TPSA) is 57.5 Å². The van der Waals surface area contributed by atoms with Gasteiger partial charge < -0.3 is 9.31 Å². The SMILES string of the molecule is CCS(=O)(=O)n1ccc(B2OC(C(C)C)C(C(C)C)O2)c1. The summed E-state index contributed by atoms with van der Waals surface area (Å²) in [5, 5.41) is 0. The van der Waals surface area contributed by atoms with Crippen molar-refractivity contribution in [3.8, 4) is 0 Å². The van der Waals surface area contributed by atoms with E-state index in [0.29, 0.717) is 11.8 Å². The molecule has 118 valence electrons. The van der Waals surface area contributed by atoms with Crippen molar-refractivity contribution in [3.63, 3.8) is 0 Å². The highest BCUT2D eigenvalue weighted by Gasteiger charge is 2.43. The predicted molar refractivity (Wildman–Crippen MR) is 84.1 cm³/mol. The molecule has 5 nitrogen and oxygen atoms in total. The highest BCUT2D eigenvalue weighted by molar-refractivity contribution is 7.89. The third-order valence-electron chi connectivity index (χ3n) is 3.85. The Kier molecular flexibility index (Phi) is 4.85. The molecule has 1 aliphatic rings. The van der Waals surface area contributed by atoms with Gasteiger partial charge in [0, 0.05) is 17.9 Å². The van der Waals surface area contributed by atoms with Crippen molar-refractivity contribution in [3.05, 3.63) is 18.5 Å². The molecule has 2 heterocycles. The van der Waals surface area contributed by atoms with Crippen LogP contribution in [-0.4, -0.2) is 37.5 Å². The summed E-state index contributed by atoms with van der Waals surface area (Å²) in [5.41, 5.74) is 0.751. The molecular formula is C14H24BNO4S. The van der Waals surface area contributed by atoms with E-state index in [0.717, 1.165) is 5.46 Å². The van der Waals surface area contributed by atoms with Crippen LogP contribution in [0.2, 0.25) is 0 Å². The lowest BCUT2D eigenvalue weighted by atomic mass is 9.81. The zero-order chi connectivity index (χ0) is 15.8. The summed E-state index contributed by atoms with van der Waals surface area (Å²) in [7, 11) is -3.75. The standard InChI is InChI=1S/C14H24BNO4S/c1-6-21(17,18)16-8-7-12(9-16)15-19-13(10(2)3)14(20-15)11(4)5/h7-11,13-14H,6H2,1-5H3. The zero-order valence-electron chi connectivity index (χ0n) is 13.3. The highest BCUT2D eigenvalue weighted by atomic mass is 32.2. The van der Waals surface area contributed by atoms with E-state index in [9.17, 15) is 8.42 Å². The smallest absolute Gasteiger partial charge is 0.402 e. The van der Waals surface area contributed by atoms with Crippen LogP contribution in [0.3, 0.4) is 0 Å². The van der Waals surface area contributed by atoms with Gasteiger partial charge in [0.2, 0.25) is 10.0 Å². The van der Waals surface area contributed by atoms with E-state index < -0.39 is 17.1 Å². The first-order valence-electron chi connectivity index (χ1n) is 7.48. The molecule has 1 saturated heterocycles. The summed E-state index contributed by atoms with van der Waals surface area (Å²) in [6, 6.07) is 1.75. The van der Waals surface area contributed by atoms with Gasteiger partial charge in [0.05, 0.1) is 18.0 Å². The summed E-state index contributed by atoms with van der Waals surface area (Å²) in [4.78, 5) is 0. The summed E-state index contributed by atoms with van der Waals surface area (Å²) >= 11 is 0. The largest absolute Gasteiger partial charge is 0.496 e. The molecule has 7 heteroatoms. The van der Waals surface area contributed by atoms with Crippen molar-refractivity contribution < 1.29 is 17.7 Å². The maximum atomic E-state index is 11.9. The molecule has 2 unspecified atom stereocenters. The second-order valence-corrected chi connectivity index (χ2v) is 8.36. The van der Waals surface area contributed by atoms with Crippen molar-refractivity contribution in [2.45, 2.75) is 46.8 Å². The van der Waals surface area contributed by atoms with Crippen LogP contribution in [0, 0.1) is 11.8 Å². The molecule has 1 aromatic heterocycles. The monoisotopic (exact) mass is 313 g/mol. The second-order valence-electron chi connectivity index (χ2n) is 6.20. The number of aromatic nitrogens is 1. The van der Waals surface area contributed by atoms with Crippen LogP contribution in [0.15, 0.2) is 18.5 Å². The Morgan fingerprint density at radius 2 is 1.71 bits per heavy atom. The average molecular weight is 313 g/mol. The van der Waals surface area contributed by atoms with E-state index in [1.54, 1.807) is 25.4 Å². The number of rotatable bonds is 5. The molecule has 1 aromatic rings. The Balaban J connectivity index is 2.21. The van der Waals surface area contributed by atoms with E-state index >= 15 is 0 Å². The number of hydrogen-bond acceptors (Lipinski definition) is 4. The van der Waals surface area contributed by atoms with Gasteiger partial charge in [0.15, 0.2) is 0 Å². The molecule has 21 heavy (non-hydrogen) atoms. The Morgan fingerprint density at radius 1 is 1.19 bits per heavy atom. The van der Waals surface area contributed by atoms with Gasteiger partial charge in [-0.2, -0.15) is 0 Å². The van der Waals surface area contributed by atoms with Crippen molar-refractivity contribution in [2.75, 3.05) is 5.75 Å². The van der Waals surface area contributed by atoms with Gasteiger partial charge >= 0.3 is 7.12 Å². The lowest BCUT2D eigenvalue weighted by Crippen LogP contribution is -2.32. The van der Waals surface area contributed by atoms with Crippen molar-refractivity contribution >= 4 is 22.6 Å². The van der Waals surface area contributed by atoms with Crippen LogP contribution >= 0.6 is 0 Å². The summed E-state index contributed by atoms with van der Waals surface area (Å²) in [6.07, 6.45) is 3.19. The van der Waals surface area contributed by atoms with Crippen molar-refractivity contribution in [1.29, 1.82) is 0 Å². The van der Waals surface area contributed by atoms with Crippen molar-refractivity contribution in [2.24, 2.45) is 11.8 Å². The van der Waals surface area contributed by atoms with Gasteiger partial charge in [-0.25, -0.2) is 8.42 Å². The minimum atomic E-state index is -3.26. The summed E-state index contributed by atoms with van der Waals surface area (Å²) < 4.78 is 37.0. The van der Waals surface area contributed by atoms with Crippen LogP contribution in [-0.2, 0) is 19.3 Å². The van der Waals surface area contributed by atoms with E-state index in [1.165, 1.54) is 3.97 Å². The molecule has 0 N–H and O–H groups in total. The lowest BCUT2D eigenvalue weighted by molar-refractivity contribution is 0.0815. The molecule has 0 aliphatic carbocycles. The average Bonchev–Trinajstić information content (AvgIpc) is 3.05. The van der Waals surface area contributed by atoms with Crippen LogP contribution in [0.1, 0.15) is 34.6 Å². The van der Waals surface area contributed by atoms with Gasteiger partial charge in [-0.05, 0) is 24.8 Å². The minimum Gasteiger partial charge on any atom is -0.402 e. The van der Waals surface area contributed by atoms with Crippen LogP contribution in [0.25, 0.3) is 0 Å². The zero-order valence-corrected chi connectivity index (χ0v) is 14.1. The molecule has 0 bridgehead atoms. The molecule has 0 aromatic carbocycles. The molecule has 1 fully saturated rings.